The average molecular weight is 344 g/mol. The smallest absolute Gasteiger partial charge is 0.159 e. The van der Waals surface area contributed by atoms with Gasteiger partial charge >= 0.3 is 0 Å². The number of hydrogen-bond donors (Lipinski definition) is 1. The molecule has 3 nitrogen and oxygen atoms in total. The van der Waals surface area contributed by atoms with E-state index in [0.717, 1.165) is 24.3 Å². The number of rotatable bonds is 5. The normalized spacial score (nSPS) is 14.5. The summed E-state index contributed by atoms with van der Waals surface area (Å²) >= 11 is 0. The molecule has 0 aromatic heterocycles. The highest BCUT2D eigenvalue weighted by Gasteiger charge is 2.28. The van der Waals surface area contributed by atoms with Crippen molar-refractivity contribution < 1.29 is 26.7 Å². The van der Waals surface area contributed by atoms with Gasteiger partial charge in [-0.25, -0.2) is 21.6 Å². The number of sulfone groups is 1. The second-order valence-corrected chi connectivity index (χ2v) is 7.55. The molecule has 0 saturated carbocycles. The van der Waals surface area contributed by atoms with E-state index in [1.165, 1.54) is 25.1 Å². The van der Waals surface area contributed by atoms with E-state index >= 15 is 0 Å². The molecule has 2 aromatic carbocycles. The van der Waals surface area contributed by atoms with Crippen LogP contribution in [0, 0.1) is 17.5 Å². The largest absolute Gasteiger partial charge is 0.387 e. The Morgan fingerprint density at radius 3 is 2.26 bits per heavy atom. The van der Waals surface area contributed by atoms with E-state index in [9.17, 15) is 26.7 Å². The molecule has 0 saturated heterocycles. The lowest BCUT2D eigenvalue weighted by Gasteiger charge is -2.17. The van der Waals surface area contributed by atoms with E-state index in [0.29, 0.717) is 0 Å². The molecule has 1 N–H and O–H groups in total. The maximum atomic E-state index is 13.6. The summed E-state index contributed by atoms with van der Waals surface area (Å²) in [5, 5.41) is 8.81. The fraction of sp³-hybridized carbons (Fsp3) is 0.250. The average Bonchev–Trinajstić information content (AvgIpc) is 2.49. The molecule has 0 heterocycles. The van der Waals surface area contributed by atoms with Crippen LogP contribution in [0.15, 0.2) is 42.5 Å². The summed E-state index contributed by atoms with van der Waals surface area (Å²) in [6.45, 7) is 1.30. The molecule has 0 bridgehead atoms. The minimum absolute atomic E-state index is 0.0598. The number of halogens is 3. The van der Waals surface area contributed by atoms with E-state index in [-0.39, 0.29) is 11.1 Å². The second-order valence-electron chi connectivity index (χ2n) is 5.18. The fourth-order valence-electron chi connectivity index (χ4n) is 2.17. The molecule has 2 aromatic rings. The summed E-state index contributed by atoms with van der Waals surface area (Å²) in [6.07, 6.45) is -1.55. The molecule has 23 heavy (non-hydrogen) atoms. The Morgan fingerprint density at radius 1 is 1.00 bits per heavy atom. The van der Waals surface area contributed by atoms with Gasteiger partial charge in [-0.15, -0.1) is 0 Å². The summed E-state index contributed by atoms with van der Waals surface area (Å²) in [5.74, 6) is -3.67. The Hall–Kier alpha value is -1.86. The lowest BCUT2D eigenvalue weighted by molar-refractivity contribution is 0.196. The molecule has 0 fully saturated rings. The first kappa shape index (κ1) is 17.5. The van der Waals surface area contributed by atoms with Crippen LogP contribution in [0.2, 0.25) is 0 Å². The molecule has 7 heteroatoms. The van der Waals surface area contributed by atoms with Crippen LogP contribution in [0.4, 0.5) is 13.2 Å². The van der Waals surface area contributed by atoms with Gasteiger partial charge in [-0.2, -0.15) is 0 Å². The molecule has 0 aliphatic carbocycles. The highest BCUT2D eigenvalue weighted by Crippen LogP contribution is 2.28. The lowest BCUT2D eigenvalue weighted by atomic mass is 10.1. The van der Waals surface area contributed by atoms with Gasteiger partial charge < -0.3 is 5.11 Å². The van der Waals surface area contributed by atoms with Crippen molar-refractivity contribution in [3.05, 3.63) is 71.0 Å². The van der Waals surface area contributed by atoms with Gasteiger partial charge in [0.1, 0.15) is 5.82 Å². The summed E-state index contributed by atoms with van der Waals surface area (Å²) in [5.41, 5.74) is -0.0711. The van der Waals surface area contributed by atoms with Gasteiger partial charge in [-0.3, -0.25) is 0 Å². The Labute approximate surface area is 132 Å². The Bertz CT molecular complexity index is 806. The van der Waals surface area contributed by atoms with Gasteiger partial charge in [-0.1, -0.05) is 24.3 Å². The van der Waals surface area contributed by atoms with Gasteiger partial charge in [0, 0.05) is 5.56 Å². The Balaban J connectivity index is 2.24. The molecule has 0 aliphatic heterocycles. The van der Waals surface area contributed by atoms with Crippen LogP contribution in [0.3, 0.4) is 0 Å². The topological polar surface area (TPSA) is 54.4 Å². The van der Waals surface area contributed by atoms with Crippen molar-refractivity contribution >= 4 is 9.84 Å². The van der Waals surface area contributed by atoms with E-state index in [4.69, 9.17) is 0 Å². The molecule has 2 rings (SSSR count). The van der Waals surface area contributed by atoms with Crippen LogP contribution in [0.1, 0.15) is 29.4 Å². The number of aliphatic hydroxyl groups is 1. The van der Waals surface area contributed by atoms with Crippen molar-refractivity contribution in [2.75, 3.05) is 5.75 Å². The Morgan fingerprint density at radius 2 is 1.65 bits per heavy atom. The van der Waals surface area contributed by atoms with Crippen LogP contribution in [-0.2, 0) is 9.84 Å². The molecule has 124 valence electrons. The van der Waals surface area contributed by atoms with E-state index in [2.05, 4.69) is 0 Å². The molecular weight excluding hydrogens is 329 g/mol. The minimum atomic E-state index is -3.91. The van der Waals surface area contributed by atoms with Crippen LogP contribution in [-0.4, -0.2) is 19.3 Å². The SMILES string of the molecule is CC(c1ccc(F)c(F)c1)S(=O)(=O)CC(O)c1ccccc1F. The third-order valence-corrected chi connectivity index (χ3v) is 5.74. The van der Waals surface area contributed by atoms with Crippen LogP contribution < -0.4 is 0 Å². The molecule has 0 amide bonds. The highest BCUT2D eigenvalue weighted by molar-refractivity contribution is 7.91. The van der Waals surface area contributed by atoms with Crippen LogP contribution >= 0.6 is 0 Å². The van der Waals surface area contributed by atoms with Crippen molar-refractivity contribution in [2.45, 2.75) is 18.3 Å². The summed E-state index contributed by atoms with van der Waals surface area (Å²) < 4.78 is 64.4. The number of aliphatic hydroxyl groups excluding tert-OH is 1. The Kier molecular flexibility index (Phi) is 5.11. The van der Waals surface area contributed by atoms with E-state index in [1.807, 2.05) is 0 Å². The summed E-state index contributed by atoms with van der Waals surface area (Å²) in [4.78, 5) is 0. The maximum absolute atomic E-state index is 13.6. The maximum Gasteiger partial charge on any atom is 0.159 e. The van der Waals surface area contributed by atoms with E-state index < -0.39 is 44.4 Å². The standard InChI is InChI=1S/C16H15F3O3S/c1-10(11-6-7-14(18)15(19)8-11)23(21,22)9-16(20)12-4-2-3-5-13(12)17/h2-8,10,16,20H,9H2,1H3. The minimum Gasteiger partial charge on any atom is -0.387 e. The first-order valence-electron chi connectivity index (χ1n) is 6.81. The zero-order chi connectivity index (χ0) is 17.2. The van der Waals surface area contributed by atoms with Crippen molar-refractivity contribution in [1.29, 1.82) is 0 Å². The van der Waals surface area contributed by atoms with E-state index in [1.54, 1.807) is 0 Å². The first-order valence-corrected chi connectivity index (χ1v) is 8.53. The summed E-state index contributed by atoms with van der Waals surface area (Å²) in [7, 11) is -3.91. The van der Waals surface area contributed by atoms with Gasteiger partial charge in [-0.05, 0) is 30.7 Å². The predicted octanol–water partition coefficient (Wildman–Crippen LogP) is 3.31. The van der Waals surface area contributed by atoms with Crippen molar-refractivity contribution in [1.82, 2.24) is 0 Å². The molecule has 2 unspecified atom stereocenters. The zero-order valence-corrected chi connectivity index (χ0v) is 13.0. The first-order chi connectivity index (χ1) is 10.7. The monoisotopic (exact) mass is 344 g/mol. The molecular formula is C16H15F3O3S. The zero-order valence-electron chi connectivity index (χ0n) is 12.2. The molecule has 2 atom stereocenters. The third kappa shape index (κ3) is 3.92. The van der Waals surface area contributed by atoms with Gasteiger partial charge in [0.15, 0.2) is 21.5 Å². The second kappa shape index (κ2) is 6.72. The van der Waals surface area contributed by atoms with Crippen molar-refractivity contribution in [3.63, 3.8) is 0 Å². The predicted molar refractivity (Wildman–Crippen MR) is 79.9 cm³/mol. The van der Waals surface area contributed by atoms with Crippen molar-refractivity contribution in [2.24, 2.45) is 0 Å². The number of benzene rings is 2. The van der Waals surface area contributed by atoms with Crippen LogP contribution in [0.25, 0.3) is 0 Å². The quantitative estimate of drug-likeness (QED) is 0.905. The van der Waals surface area contributed by atoms with Gasteiger partial charge in [0.2, 0.25) is 0 Å². The lowest BCUT2D eigenvalue weighted by Crippen LogP contribution is -2.20. The van der Waals surface area contributed by atoms with Crippen LogP contribution in [0.5, 0.6) is 0 Å². The molecule has 0 radical (unpaired) electrons. The summed E-state index contributed by atoms with van der Waals surface area (Å²) in [6, 6.07) is 8.10. The molecule has 0 aliphatic rings. The van der Waals surface area contributed by atoms with Crippen molar-refractivity contribution in [3.8, 4) is 0 Å². The van der Waals surface area contributed by atoms with Gasteiger partial charge in [0.05, 0.1) is 17.1 Å². The highest BCUT2D eigenvalue weighted by atomic mass is 32.2. The fourth-order valence-corrected chi connectivity index (χ4v) is 3.64. The number of hydrogen-bond acceptors (Lipinski definition) is 3. The third-order valence-electron chi connectivity index (χ3n) is 3.61. The van der Waals surface area contributed by atoms with Gasteiger partial charge in [0.25, 0.3) is 0 Å². The molecule has 0 spiro atoms.